The van der Waals surface area contributed by atoms with Crippen LogP contribution < -0.4 is 0 Å². The zero-order valence-corrected chi connectivity index (χ0v) is 13.3. The van der Waals surface area contributed by atoms with Crippen molar-refractivity contribution in [3.63, 3.8) is 0 Å². The van der Waals surface area contributed by atoms with Gasteiger partial charge in [0, 0.05) is 5.33 Å². The molecular formula is C16H31Br. The Morgan fingerprint density at radius 1 is 0.647 bits per heavy atom. The minimum Gasteiger partial charge on any atom is -0.0928 e. The van der Waals surface area contributed by atoms with Gasteiger partial charge in [0.25, 0.3) is 0 Å². The van der Waals surface area contributed by atoms with Crippen LogP contribution >= 0.6 is 15.9 Å². The van der Waals surface area contributed by atoms with Gasteiger partial charge in [-0.25, -0.2) is 0 Å². The van der Waals surface area contributed by atoms with E-state index in [2.05, 4.69) is 35.0 Å². The smallest absolute Gasteiger partial charge is 0.00313 e. The first kappa shape index (κ1) is 17.2. The molecule has 102 valence electrons. The summed E-state index contributed by atoms with van der Waals surface area (Å²) in [4.78, 5) is 0. The number of hydrogen-bond acceptors (Lipinski definition) is 0. The molecule has 17 heavy (non-hydrogen) atoms. The van der Waals surface area contributed by atoms with Crippen LogP contribution in [0, 0.1) is 0 Å². The van der Waals surface area contributed by atoms with Crippen molar-refractivity contribution >= 4 is 15.9 Å². The molecule has 0 saturated carbocycles. The number of hydrogen-bond donors (Lipinski definition) is 0. The summed E-state index contributed by atoms with van der Waals surface area (Å²) in [7, 11) is 0. The normalized spacial score (nSPS) is 11.4. The molecule has 0 aromatic heterocycles. The van der Waals surface area contributed by atoms with Crippen LogP contribution in [-0.4, -0.2) is 5.33 Å². The van der Waals surface area contributed by atoms with E-state index >= 15 is 0 Å². The molecule has 0 unspecified atom stereocenters. The molecule has 0 heterocycles. The van der Waals surface area contributed by atoms with Crippen LogP contribution in [0.1, 0.15) is 84.0 Å². The molecule has 0 amide bonds. The minimum absolute atomic E-state index is 1.17. The maximum atomic E-state index is 3.47. The monoisotopic (exact) mass is 302 g/mol. The van der Waals surface area contributed by atoms with Crippen molar-refractivity contribution in [2.24, 2.45) is 0 Å². The van der Waals surface area contributed by atoms with E-state index in [1.54, 1.807) is 0 Å². The summed E-state index contributed by atoms with van der Waals surface area (Å²) >= 11 is 3.47. The van der Waals surface area contributed by atoms with Gasteiger partial charge in [0.05, 0.1) is 0 Å². The highest BCUT2D eigenvalue weighted by Gasteiger charge is 1.89. The molecule has 1 heteroatoms. The van der Waals surface area contributed by atoms with Crippen LogP contribution in [0.2, 0.25) is 0 Å². The average molecular weight is 303 g/mol. The molecular weight excluding hydrogens is 272 g/mol. The van der Waals surface area contributed by atoms with Crippen molar-refractivity contribution in [3.8, 4) is 0 Å². The lowest BCUT2D eigenvalue weighted by Crippen LogP contribution is -1.79. The van der Waals surface area contributed by atoms with Gasteiger partial charge in [0.1, 0.15) is 0 Å². The molecule has 0 nitrogen and oxygen atoms in total. The topological polar surface area (TPSA) is 0 Å². The average Bonchev–Trinajstić information content (AvgIpc) is 2.35. The van der Waals surface area contributed by atoms with Crippen LogP contribution in [0.15, 0.2) is 12.2 Å². The Balaban J connectivity index is 2.99. The predicted molar refractivity (Wildman–Crippen MR) is 84.0 cm³/mol. The highest BCUT2D eigenvalue weighted by molar-refractivity contribution is 9.09. The highest BCUT2D eigenvalue weighted by atomic mass is 79.9. The van der Waals surface area contributed by atoms with Gasteiger partial charge in [-0.3, -0.25) is 0 Å². The summed E-state index contributed by atoms with van der Waals surface area (Å²) < 4.78 is 0. The fourth-order valence-electron chi connectivity index (χ4n) is 1.99. The third-order valence-electron chi connectivity index (χ3n) is 3.15. The van der Waals surface area contributed by atoms with Crippen LogP contribution in [-0.2, 0) is 0 Å². The Labute approximate surface area is 117 Å². The molecule has 0 spiro atoms. The Hall–Kier alpha value is 0.220. The Bertz CT molecular complexity index is 152. The fourth-order valence-corrected chi connectivity index (χ4v) is 2.38. The lowest BCUT2D eigenvalue weighted by Gasteiger charge is -1.98. The zero-order chi connectivity index (χ0) is 12.6. The molecule has 0 N–H and O–H groups in total. The van der Waals surface area contributed by atoms with Gasteiger partial charge in [0.15, 0.2) is 0 Å². The maximum absolute atomic E-state index is 3.47. The summed E-state index contributed by atoms with van der Waals surface area (Å²) in [6, 6.07) is 0. The lowest BCUT2D eigenvalue weighted by atomic mass is 10.1. The largest absolute Gasteiger partial charge is 0.0928 e. The molecule has 0 aliphatic rings. The van der Waals surface area contributed by atoms with Crippen molar-refractivity contribution in [3.05, 3.63) is 12.2 Å². The van der Waals surface area contributed by atoms with Gasteiger partial charge in [-0.1, -0.05) is 80.0 Å². The first-order valence-electron chi connectivity index (χ1n) is 7.62. The molecule has 0 radical (unpaired) electrons. The number of halogens is 1. The highest BCUT2D eigenvalue weighted by Crippen LogP contribution is 2.08. The van der Waals surface area contributed by atoms with Gasteiger partial charge in [0.2, 0.25) is 0 Å². The van der Waals surface area contributed by atoms with Crippen LogP contribution in [0.4, 0.5) is 0 Å². The summed E-state index contributed by atoms with van der Waals surface area (Å²) in [5.41, 5.74) is 0. The van der Waals surface area contributed by atoms with E-state index < -0.39 is 0 Å². The summed E-state index contributed by atoms with van der Waals surface area (Å²) in [6.07, 6.45) is 21.3. The minimum atomic E-state index is 1.17. The second kappa shape index (κ2) is 16.2. The van der Waals surface area contributed by atoms with Gasteiger partial charge >= 0.3 is 0 Å². The maximum Gasteiger partial charge on any atom is 0.00313 e. The van der Waals surface area contributed by atoms with Crippen molar-refractivity contribution in [2.45, 2.75) is 84.0 Å². The van der Waals surface area contributed by atoms with Crippen molar-refractivity contribution < 1.29 is 0 Å². The van der Waals surface area contributed by atoms with Gasteiger partial charge in [-0.15, -0.1) is 0 Å². The number of allylic oxidation sites excluding steroid dienone is 2. The quantitative estimate of drug-likeness (QED) is 0.203. The summed E-state index contributed by atoms with van der Waals surface area (Å²) in [6.45, 7) is 2.28. The van der Waals surface area contributed by atoms with Crippen LogP contribution in [0.3, 0.4) is 0 Å². The fraction of sp³-hybridized carbons (Fsp3) is 0.875. The van der Waals surface area contributed by atoms with Gasteiger partial charge in [-0.2, -0.15) is 0 Å². The van der Waals surface area contributed by atoms with E-state index in [9.17, 15) is 0 Å². The van der Waals surface area contributed by atoms with Crippen LogP contribution in [0.5, 0.6) is 0 Å². The van der Waals surface area contributed by atoms with E-state index in [1.165, 1.54) is 82.4 Å². The summed E-state index contributed by atoms with van der Waals surface area (Å²) in [5.74, 6) is 0. The summed E-state index contributed by atoms with van der Waals surface area (Å²) in [5, 5.41) is 1.17. The molecule has 0 aromatic carbocycles. The van der Waals surface area contributed by atoms with Crippen molar-refractivity contribution in [1.29, 1.82) is 0 Å². The molecule has 0 aliphatic heterocycles. The van der Waals surface area contributed by atoms with E-state index in [0.717, 1.165) is 0 Å². The lowest BCUT2D eigenvalue weighted by molar-refractivity contribution is 0.610. The molecule has 0 aromatic rings. The predicted octanol–water partition coefficient (Wildman–Crippen LogP) is 6.64. The third kappa shape index (κ3) is 16.2. The van der Waals surface area contributed by atoms with E-state index in [-0.39, 0.29) is 0 Å². The van der Waals surface area contributed by atoms with Crippen LogP contribution in [0.25, 0.3) is 0 Å². The van der Waals surface area contributed by atoms with Gasteiger partial charge in [-0.05, 0) is 32.1 Å². The second-order valence-electron chi connectivity index (χ2n) is 4.92. The first-order chi connectivity index (χ1) is 8.41. The number of rotatable bonds is 13. The Morgan fingerprint density at radius 2 is 1.12 bits per heavy atom. The van der Waals surface area contributed by atoms with E-state index in [1.807, 2.05) is 0 Å². The molecule has 0 rings (SSSR count). The zero-order valence-electron chi connectivity index (χ0n) is 11.7. The molecule has 0 saturated heterocycles. The Morgan fingerprint density at radius 3 is 1.65 bits per heavy atom. The molecule has 0 fully saturated rings. The van der Waals surface area contributed by atoms with Crippen molar-refractivity contribution in [1.82, 2.24) is 0 Å². The van der Waals surface area contributed by atoms with Gasteiger partial charge < -0.3 is 0 Å². The Kier molecular flexibility index (Phi) is 16.4. The molecule has 0 atom stereocenters. The third-order valence-corrected chi connectivity index (χ3v) is 3.71. The number of alkyl halides is 1. The first-order valence-corrected chi connectivity index (χ1v) is 8.75. The standard InChI is InChI=1S/C16H31Br/c1-2-3-4-5-6-7-8-9-10-11-12-13-14-15-16-17/h9-10H,2-8,11-16H2,1H3/b10-9-. The van der Waals surface area contributed by atoms with E-state index in [4.69, 9.17) is 0 Å². The van der Waals surface area contributed by atoms with Crippen molar-refractivity contribution in [2.75, 3.05) is 5.33 Å². The molecule has 0 bridgehead atoms. The second-order valence-corrected chi connectivity index (χ2v) is 5.71. The van der Waals surface area contributed by atoms with E-state index in [0.29, 0.717) is 0 Å². The SMILES string of the molecule is CCCCCCCC/C=C\CCCCCCBr. The number of unbranched alkanes of at least 4 members (excludes halogenated alkanes) is 10. The molecule has 0 aliphatic carbocycles.